The van der Waals surface area contributed by atoms with Gasteiger partial charge in [0.25, 0.3) is 0 Å². The molecule has 1 aliphatic heterocycles. The van der Waals surface area contributed by atoms with Crippen LogP contribution in [0.1, 0.15) is 12.8 Å². The van der Waals surface area contributed by atoms with Gasteiger partial charge in [-0.1, -0.05) is 23.2 Å². The Hall–Kier alpha value is -1.83. The Morgan fingerprint density at radius 1 is 1.31 bits per heavy atom. The van der Waals surface area contributed by atoms with E-state index >= 15 is 0 Å². The largest absolute Gasteiger partial charge is 0.369 e. The van der Waals surface area contributed by atoms with E-state index in [4.69, 9.17) is 28.9 Å². The van der Waals surface area contributed by atoms with E-state index in [1.807, 2.05) is 4.90 Å². The Balaban J connectivity index is 1.83. The van der Waals surface area contributed by atoms with Crippen LogP contribution >= 0.6 is 23.2 Å². The van der Waals surface area contributed by atoms with Gasteiger partial charge in [-0.15, -0.1) is 0 Å². The Morgan fingerprint density at radius 2 is 2.04 bits per heavy atom. The minimum atomic E-state index is -0.340. The predicted molar refractivity (Wildman–Crippen MR) is 101 cm³/mol. The highest BCUT2D eigenvalue weighted by atomic mass is 35.5. The van der Waals surface area contributed by atoms with Crippen molar-refractivity contribution in [1.82, 2.24) is 9.80 Å². The number of nitrogens with zero attached hydrogens (tertiary/aromatic N) is 2. The molecule has 3 amide bonds. The standard InChI is InChI=1S/C17H22Cl2N4O3/c1-22(9-15(24)21-12-4-5-13(18)14(19)7-12)16(25)10-23-6-2-3-11(8-23)17(20)26/h4-5,7,11H,2-3,6,8-10H2,1H3,(H2,20,26)(H,21,24)/t11-/m0/s1. The summed E-state index contributed by atoms with van der Waals surface area (Å²) < 4.78 is 0. The number of nitrogens with two attached hydrogens (primary N) is 1. The first-order chi connectivity index (χ1) is 12.3. The molecule has 0 unspecified atom stereocenters. The van der Waals surface area contributed by atoms with E-state index in [1.54, 1.807) is 25.2 Å². The molecule has 1 aliphatic rings. The Kier molecular flexibility index (Phi) is 7.25. The van der Waals surface area contributed by atoms with Crippen molar-refractivity contribution in [1.29, 1.82) is 0 Å². The summed E-state index contributed by atoms with van der Waals surface area (Å²) in [6.07, 6.45) is 1.57. The molecule has 9 heteroatoms. The van der Waals surface area contributed by atoms with Gasteiger partial charge >= 0.3 is 0 Å². The molecule has 1 heterocycles. The van der Waals surface area contributed by atoms with Gasteiger partial charge in [0.15, 0.2) is 0 Å². The van der Waals surface area contributed by atoms with E-state index in [2.05, 4.69) is 5.32 Å². The molecule has 1 aromatic rings. The fourth-order valence-corrected chi connectivity index (χ4v) is 3.12. The summed E-state index contributed by atoms with van der Waals surface area (Å²) in [6.45, 7) is 1.27. The summed E-state index contributed by atoms with van der Waals surface area (Å²) in [4.78, 5) is 39.0. The monoisotopic (exact) mass is 400 g/mol. The minimum Gasteiger partial charge on any atom is -0.369 e. The number of halogens is 2. The van der Waals surface area contributed by atoms with Crippen LogP contribution in [-0.2, 0) is 14.4 Å². The smallest absolute Gasteiger partial charge is 0.243 e. The van der Waals surface area contributed by atoms with Gasteiger partial charge in [0, 0.05) is 19.3 Å². The highest BCUT2D eigenvalue weighted by molar-refractivity contribution is 6.42. The molecule has 0 aliphatic carbocycles. The van der Waals surface area contributed by atoms with Crippen molar-refractivity contribution >= 4 is 46.6 Å². The fourth-order valence-electron chi connectivity index (χ4n) is 2.82. The van der Waals surface area contributed by atoms with Crippen molar-refractivity contribution in [2.75, 3.05) is 38.5 Å². The number of likely N-dealkylation sites (N-methyl/N-ethyl adjacent to an activating group) is 1. The van der Waals surface area contributed by atoms with E-state index < -0.39 is 0 Å². The molecule has 142 valence electrons. The van der Waals surface area contributed by atoms with Gasteiger partial charge in [-0.2, -0.15) is 0 Å². The summed E-state index contributed by atoms with van der Waals surface area (Å²) in [5, 5.41) is 3.40. The van der Waals surface area contributed by atoms with Gasteiger partial charge in [-0.25, -0.2) is 0 Å². The molecule has 7 nitrogen and oxygen atoms in total. The van der Waals surface area contributed by atoms with Gasteiger partial charge < -0.3 is 16.0 Å². The molecule has 3 N–H and O–H groups in total. The van der Waals surface area contributed by atoms with Crippen molar-refractivity contribution in [3.63, 3.8) is 0 Å². The number of nitrogens with one attached hydrogen (secondary N) is 1. The summed E-state index contributed by atoms with van der Waals surface area (Å²) >= 11 is 11.7. The molecule has 1 saturated heterocycles. The third-order valence-corrected chi connectivity index (χ3v) is 5.02. The van der Waals surface area contributed by atoms with E-state index in [9.17, 15) is 14.4 Å². The van der Waals surface area contributed by atoms with Crippen LogP contribution in [0.2, 0.25) is 10.0 Å². The van der Waals surface area contributed by atoms with Crippen molar-refractivity contribution in [3.05, 3.63) is 28.2 Å². The molecule has 0 saturated carbocycles. The average molecular weight is 401 g/mol. The minimum absolute atomic E-state index is 0.0911. The lowest BCUT2D eigenvalue weighted by Gasteiger charge is -2.31. The molecule has 0 radical (unpaired) electrons. The van der Waals surface area contributed by atoms with Gasteiger partial charge in [-0.05, 0) is 37.6 Å². The second kappa shape index (κ2) is 9.21. The maximum absolute atomic E-state index is 12.3. The maximum atomic E-state index is 12.3. The highest BCUT2D eigenvalue weighted by Crippen LogP contribution is 2.25. The van der Waals surface area contributed by atoms with Crippen LogP contribution in [0.25, 0.3) is 0 Å². The summed E-state index contributed by atoms with van der Waals surface area (Å²) in [5.41, 5.74) is 5.85. The first kappa shape index (κ1) is 20.5. The van der Waals surface area contributed by atoms with Crippen LogP contribution in [-0.4, -0.2) is 60.7 Å². The second-order valence-electron chi connectivity index (χ2n) is 6.40. The second-order valence-corrected chi connectivity index (χ2v) is 7.22. The van der Waals surface area contributed by atoms with Crippen molar-refractivity contribution < 1.29 is 14.4 Å². The normalized spacial score (nSPS) is 17.6. The van der Waals surface area contributed by atoms with Gasteiger partial charge in [0.05, 0.1) is 29.1 Å². The molecule has 26 heavy (non-hydrogen) atoms. The number of hydrogen-bond donors (Lipinski definition) is 2. The zero-order valence-electron chi connectivity index (χ0n) is 14.5. The molecule has 2 rings (SSSR count). The fraction of sp³-hybridized carbons (Fsp3) is 0.471. The molecular formula is C17H22Cl2N4O3. The van der Waals surface area contributed by atoms with Crippen LogP contribution in [0.5, 0.6) is 0 Å². The van der Waals surface area contributed by atoms with E-state index in [0.29, 0.717) is 22.3 Å². The quantitative estimate of drug-likeness (QED) is 0.757. The number of piperidine rings is 1. The Bertz CT molecular complexity index is 699. The van der Waals surface area contributed by atoms with Crippen LogP contribution in [0.3, 0.4) is 0 Å². The lowest BCUT2D eigenvalue weighted by atomic mass is 9.97. The zero-order chi connectivity index (χ0) is 19.3. The Labute approximate surface area is 162 Å². The molecule has 1 fully saturated rings. The number of anilines is 1. The third-order valence-electron chi connectivity index (χ3n) is 4.28. The molecule has 1 atom stereocenters. The molecule has 1 aromatic carbocycles. The molecular weight excluding hydrogens is 379 g/mol. The number of primary amides is 1. The predicted octanol–water partition coefficient (Wildman–Crippen LogP) is 1.59. The Morgan fingerprint density at radius 3 is 2.69 bits per heavy atom. The average Bonchev–Trinajstić information content (AvgIpc) is 2.58. The van der Waals surface area contributed by atoms with E-state index in [-0.39, 0.29) is 36.7 Å². The maximum Gasteiger partial charge on any atom is 0.243 e. The topological polar surface area (TPSA) is 95.7 Å². The molecule has 0 bridgehead atoms. The number of rotatable bonds is 6. The number of carbonyl (C=O) groups excluding carboxylic acids is 3. The van der Waals surface area contributed by atoms with Gasteiger partial charge in [0.2, 0.25) is 17.7 Å². The van der Waals surface area contributed by atoms with Crippen LogP contribution < -0.4 is 11.1 Å². The van der Waals surface area contributed by atoms with Crippen molar-refractivity contribution in [3.8, 4) is 0 Å². The SMILES string of the molecule is CN(CC(=O)Nc1ccc(Cl)c(Cl)c1)C(=O)CN1CCC[C@H](C(N)=O)C1. The number of benzene rings is 1. The summed E-state index contributed by atoms with van der Waals surface area (Å²) in [6, 6.07) is 4.76. The first-order valence-corrected chi connectivity index (χ1v) is 9.02. The third kappa shape index (κ3) is 5.86. The zero-order valence-corrected chi connectivity index (χ0v) is 16.0. The number of amides is 3. The highest BCUT2D eigenvalue weighted by Gasteiger charge is 2.26. The van der Waals surface area contributed by atoms with Crippen LogP contribution in [0.4, 0.5) is 5.69 Å². The lowest BCUT2D eigenvalue weighted by molar-refractivity contribution is -0.135. The molecule has 0 aromatic heterocycles. The van der Waals surface area contributed by atoms with Crippen LogP contribution in [0.15, 0.2) is 18.2 Å². The van der Waals surface area contributed by atoms with E-state index in [0.717, 1.165) is 19.4 Å². The number of carbonyl (C=O) groups is 3. The van der Waals surface area contributed by atoms with Crippen molar-refractivity contribution in [2.24, 2.45) is 11.7 Å². The van der Waals surface area contributed by atoms with Gasteiger partial charge in [0.1, 0.15) is 0 Å². The van der Waals surface area contributed by atoms with Crippen molar-refractivity contribution in [2.45, 2.75) is 12.8 Å². The van der Waals surface area contributed by atoms with Crippen LogP contribution in [0, 0.1) is 5.92 Å². The summed E-state index contributed by atoms with van der Waals surface area (Å²) in [5.74, 6) is -1.09. The van der Waals surface area contributed by atoms with Gasteiger partial charge in [-0.3, -0.25) is 19.3 Å². The molecule has 0 spiro atoms. The lowest BCUT2D eigenvalue weighted by Crippen LogP contribution is -2.47. The number of likely N-dealkylation sites (tertiary alicyclic amines) is 1. The first-order valence-electron chi connectivity index (χ1n) is 8.27. The van der Waals surface area contributed by atoms with E-state index in [1.165, 1.54) is 4.90 Å². The summed E-state index contributed by atoms with van der Waals surface area (Å²) in [7, 11) is 1.56. The number of hydrogen-bond acceptors (Lipinski definition) is 4.